The SMILES string of the molecule is CC1(C)C=CC=C2C(=C1)CCC2OC(N)=O. The van der Waals surface area contributed by atoms with Crippen molar-refractivity contribution in [2.24, 2.45) is 11.1 Å². The maximum absolute atomic E-state index is 10.8. The molecule has 0 aromatic heterocycles. The van der Waals surface area contributed by atoms with E-state index >= 15 is 0 Å². The summed E-state index contributed by atoms with van der Waals surface area (Å²) in [6, 6.07) is 0. The molecule has 2 N–H and O–H groups in total. The van der Waals surface area contributed by atoms with Crippen LogP contribution in [0.5, 0.6) is 0 Å². The van der Waals surface area contributed by atoms with Gasteiger partial charge in [-0.3, -0.25) is 0 Å². The molecule has 0 heterocycles. The molecule has 2 rings (SSSR count). The van der Waals surface area contributed by atoms with Gasteiger partial charge in [0, 0.05) is 5.41 Å². The number of allylic oxidation sites excluding steroid dienone is 4. The molecule has 1 atom stereocenters. The van der Waals surface area contributed by atoms with E-state index in [9.17, 15) is 4.79 Å². The van der Waals surface area contributed by atoms with E-state index < -0.39 is 6.09 Å². The Morgan fingerprint density at radius 2 is 2.31 bits per heavy atom. The van der Waals surface area contributed by atoms with E-state index in [1.807, 2.05) is 12.2 Å². The van der Waals surface area contributed by atoms with E-state index in [0.717, 1.165) is 18.4 Å². The minimum atomic E-state index is -0.695. The third-order valence-corrected chi connectivity index (χ3v) is 3.00. The van der Waals surface area contributed by atoms with Crippen LogP contribution in [0.4, 0.5) is 4.79 Å². The Hall–Kier alpha value is -1.51. The molecule has 0 saturated heterocycles. The molecular weight excluding hydrogens is 202 g/mol. The molecule has 0 radical (unpaired) electrons. The van der Waals surface area contributed by atoms with Crippen molar-refractivity contribution in [3.63, 3.8) is 0 Å². The molecule has 0 spiro atoms. The Labute approximate surface area is 95.7 Å². The van der Waals surface area contributed by atoms with Crippen molar-refractivity contribution in [2.45, 2.75) is 32.8 Å². The molecule has 1 fully saturated rings. The molecule has 0 aromatic rings. The number of fused-ring (bicyclic) bond motifs is 1. The Bertz CT molecular complexity index is 402. The normalized spacial score (nSPS) is 26.5. The topological polar surface area (TPSA) is 52.3 Å². The molecule has 1 amide bonds. The van der Waals surface area contributed by atoms with Crippen molar-refractivity contribution in [2.75, 3.05) is 0 Å². The molecule has 86 valence electrons. The van der Waals surface area contributed by atoms with Gasteiger partial charge in [-0.15, -0.1) is 0 Å². The van der Waals surface area contributed by atoms with E-state index in [4.69, 9.17) is 10.5 Å². The zero-order chi connectivity index (χ0) is 11.8. The number of primary amides is 1. The summed E-state index contributed by atoms with van der Waals surface area (Å²) in [5.74, 6) is 0. The molecule has 1 saturated carbocycles. The van der Waals surface area contributed by atoms with Crippen molar-refractivity contribution in [1.82, 2.24) is 0 Å². The third-order valence-electron chi connectivity index (χ3n) is 3.00. The molecule has 0 aromatic carbocycles. The van der Waals surface area contributed by atoms with Gasteiger partial charge in [0.1, 0.15) is 6.10 Å². The Morgan fingerprint density at radius 1 is 1.56 bits per heavy atom. The lowest BCUT2D eigenvalue weighted by atomic mass is 9.90. The van der Waals surface area contributed by atoms with Gasteiger partial charge in [0.2, 0.25) is 0 Å². The second kappa shape index (κ2) is 3.81. The monoisotopic (exact) mass is 219 g/mol. The summed E-state index contributed by atoms with van der Waals surface area (Å²) in [6.45, 7) is 4.32. The number of rotatable bonds is 1. The highest BCUT2D eigenvalue weighted by Crippen LogP contribution is 2.38. The van der Waals surface area contributed by atoms with Gasteiger partial charge in [0.25, 0.3) is 0 Å². The number of hydrogen-bond acceptors (Lipinski definition) is 2. The largest absolute Gasteiger partial charge is 0.441 e. The first-order chi connectivity index (χ1) is 7.48. The zero-order valence-corrected chi connectivity index (χ0v) is 9.69. The van der Waals surface area contributed by atoms with Crippen molar-refractivity contribution < 1.29 is 9.53 Å². The molecular formula is C13H17NO2. The van der Waals surface area contributed by atoms with E-state index in [0.29, 0.717) is 0 Å². The lowest BCUT2D eigenvalue weighted by Crippen LogP contribution is -2.21. The maximum atomic E-state index is 10.8. The van der Waals surface area contributed by atoms with Crippen LogP contribution in [0.1, 0.15) is 26.7 Å². The van der Waals surface area contributed by atoms with Crippen LogP contribution in [0.2, 0.25) is 0 Å². The average Bonchev–Trinajstić information content (AvgIpc) is 2.43. The van der Waals surface area contributed by atoms with Crippen molar-refractivity contribution in [3.05, 3.63) is 35.5 Å². The molecule has 2 aliphatic rings. The summed E-state index contributed by atoms with van der Waals surface area (Å²) in [5.41, 5.74) is 7.50. The predicted molar refractivity (Wildman–Crippen MR) is 62.8 cm³/mol. The molecule has 3 nitrogen and oxygen atoms in total. The van der Waals surface area contributed by atoms with E-state index in [2.05, 4.69) is 26.0 Å². The zero-order valence-electron chi connectivity index (χ0n) is 9.69. The van der Waals surface area contributed by atoms with Gasteiger partial charge < -0.3 is 10.5 Å². The fraction of sp³-hybridized carbons (Fsp3) is 0.462. The predicted octanol–water partition coefficient (Wildman–Crippen LogP) is 2.69. The van der Waals surface area contributed by atoms with Crippen LogP contribution >= 0.6 is 0 Å². The minimum Gasteiger partial charge on any atom is -0.441 e. The molecule has 0 bridgehead atoms. The number of carbonyl (C=O) groups excluding carboxylic acids is 1. The first-order valence-corrected chi connectivity index (χ1v) is 5.55. The highest BCUT2D eigenvalue weighted by Gasteiger charge is 2.30. The van der Waals surface area contributed by atoms with Crippen molar-refractivity contribution in [1.29, 1.82) is 0 Å². The second-order valence-corrected chi connectivity index (χ2v) is 4.94. The highest BCUT2D eigenvalue weighted by atomic mass is 16.6. The summed E-state index contributed by atoms with van der Waals surface area (Å²) >= 11 is 0. The summed E-state index contributed by atoms with van der Waals surface area (Å²) in [4.78, 5) is 10.8. The van der Waals surface area contributed by atoms with Crippen LogP contribution in [-0.4, -0.2) is 12.2 Å². The van der Waals surface area contributed by atoms with E-state index in [1.54, 1.807) is 0 Å². The Morgan fingerprint density at radius 3 is 3.00 bits per heavy atom. The maximum Gasteiger partial charge on any atom is 0.405 e. The number of carbonyl (C=O) groups is 1. The van der Waals surface area contributed by atoms with Gasteiger partial charge in [-0.1, -0.05) is 38.2 Å². The lowest BCUT2D eigenvalue weighted by Gasteiger charge is -2.15. The van der Waals surface area contributed by atoms with Crippen LogP contribution in [0.3, 0.4) is 0 Å². The quantitative estimate of drug-likeness (QED) is 0.737. The van der Waals surface area contributed by atoms with Crippen molar-refractivity contribution >= 4 is 6.09 Å². The van der Waals surface area contributed by atoms with Crippen LogP contribution < -0.4 is 5.73 Å². The Balaban J connectivity index is 2.27. The van der Waals surface area contributed by atoms with Gasteiger partial charge in [0.05, 0.1) is 0 Å². The van der Waals surface area contributed by atoms with E-state index in [-0.39, 0.29) is 11.5 Å². The van der Waals surface area contributed by atoms with Gasteiger partial charge in [-0.2, -0.15) is 0 Å². The standard InChI is InChI=1S/C13H17NO2/c1-13(2)7-3-4-10-9(8-13)5-6-11(10)16-12(14)15/h3-4,7-8,11H,5-6H2,1-2H3,(H2,14,15). The second-order valence-electron chi connectivity index (χ2n) is 4.94. The lowest BCUT2D eigenvalue weighted by molar-refractivity contribution is 0.127. The summed E-state index contributed by atoms with van der Waals surface area (Å²) in [6.07, 6.45) is 9.38. The van der Waals surface area contributed by atoms with Crippen LogP contribution in [-0.2, 0) is 4.74 Å². The molecule has 2 aliphatic carbocycles. The minimum absolute atomic E-state index is 0.0647. The molecule has 16 heavy (non-hydrogen) atoms. The number of nitrogens with two attached hydrogens (primary N) is 1. The molecule has 0 aliphatic heterocycles. The van der Waals surface area contributed by atoms with Crippen LogP contribution in [0, 0.1) is 5.41 Å². The summed E-state index contributed by atoms with van der Waals surface area (Å²) < 4.78 is 5.10. The van der Waals surface area contributed by atoms with Gasteiger partial charge in [-0.25, -0.2) is 4.79 Å². The molecule has 1 unspecified atom stereocenters. The summed E-state index contributed by atoms with van der Waals surface area (Å²) in [7, 11) is 0. The van der Waals surface area contributed by atoms with Crippen LogP contribution in [0.25, 0.3) is 0 Å². The van der Waals surface area contributed by atoms with Gasteiger partial charge in [0.15, 0.2) is 0 Å². The first-order valence-electron chi connectivity index (χ1n) is 5.55. The van der Waals surface area contributed by atoms with Crippen molar-refractivity contribution in [3.8, 4) is 0 Å². The third kappa shape index (κ3) is 2.18. The fourth-order valence-corrected chi connectivity index (χ4v) is 2.32. The average molecular weight is 219 g/mol. The fourth-order valence-electron chi connectivity index (χ4n) is 2.32. The first kappa shape index (κ1) is 11.0. The van der Waals surface area contributed by atoms with Crippen LogP contribution in [0.15, 0.2) is 35.5 Å². The van der Waals surface area contributed by atoms with Gasteiger partial charge in [-0.05, 0) is 24.0 Å². The van der Waals surface area contributed by atoms with Gasteiger partial charge >= 0.3 is 6.09 Å². The Kier molecular flexibility index (Phi) is 2.62. The number of ether oxygens (including phenoxy) is 1. The molecule has 3 heteroatoms. The number of amides is 1. The smallest absolute Gasteiger partial charge is 0.405 e. The number of hydrogen-bond donors (Lipinski definition) is 1. The summed E-state index contributed by atoms with van der Waals surface area (Å²) in [5, 5.41) is 0. The highest BCUT2D eigenvalue weighted by molar-refractivity contribution is 5.66. The van der Waals surface area contributed by atoms with E-state index in [1.165, 1.54) is 5.57 Å².